The van der Waals surface area contributed by atoms with Crippen LogP contribution in [-0.2, 0) is 21.4 Å². The number of thiol groups is 1. The summed E-state index contributed by atoms with van der Waals surface area (Å²) in [4.78, 5) is 11.9. The molecule has 1 amide bonds. The molecule has 0 spiro atoms. The fourth-order valence-electron chi connectivity index (χ4n) is 1.54. The molecule has 6 heteroatoms. The van der Waals surface area contributed by atoms with Crippen LogP contribution in [0.15, 0.2) is 30.3 Å². The molecule has 1 rings (SSSR count). The average molecular weight is 316 g/mol. The van der Waals surface area contributed by atoms with E-state index >= 15 is 0 Å². The maximum absolute atomic E-state index is 11.9. The second-order valence-electron chi connectivity index (χ2n) is 3.98. The van der Waals surface area contributed by atoms with Crippen LogP contribution in [-0.4, -0.2) is 32.9 Å². The number of aliphatic hydroxyl groups is 1. The number of carbonyl (C=O) groups excluding carboxylic acids is 1. The van der Waals surface area contributed by atoms with Crippen molar-refractivity contribution in [3.05, 3.63) is 35.9 Å². The Morgan fingerprint density at radius 2 is 2.11 bits per heavy atom. The number of amides is 1. The lowest BCUT2D eigenvalue weighted by Crippen LogP contribution is -2.41. The van der Waals surface area contributed by atoms with E-state index in [9.17, 15) is 4.79 Å². The average Bonchev–Trinajstić information content (AvgIpc) is 2.42. The van der Waals surface area contributed by atoms with Gasteiger partial charge in [-0.15, -0.1) is 0 Å². The minimum atomic E-state index is -0.403. The van der Waals surface area contributed by atoms with E-state index in [1.807, 2.05) is 37.3 Å². The van der Waals surface area contributed by atoms with Gasteiger partial charge in [0.2, 0.25) is 0 Å². The Morgan fingerprint density at radius 1 is 1.47 bits per heavy atom. The highest BCUT2D eigenvalue weighted by atomic mass is 32.3. The first-order valence-corrected chi connectivity index (χ1v) is 8.22. The van der Waals surface area contributed by atoms with Crippen molar-refractivity contribution in [3.63, 3.8) is 0 Å². The van der Waals surface area contributed by atoms with Crippen LogP contribution in [0.3, 0.4) is 0 Å². The zero-order valence-electron chi connectivity index (χ0n) is 10.7. The van der Waals surface area contributed by atoms with Gasteiger partial charge in [0.1, 0.15) is 5.75 Å². The Bertz CT molecular complexity index is 425. The maximum Gasteiger partial charge on any atom is 0.273 e. The highest BCUT2D eigenvalue weighted by Gasteiger charge is 2.35. The van der Waals surface area contributed by atoms with Gasteiger partial charge in [-0.3, -0.25) is 4.79 Å². The molecule has 0 aromatic heterocycles. The zero-order chi connectivity index (χ0) is 14.3. The third-order valence-corrected chi connectivity index (χ3v) is 6.10. The molecule has 1 aromatic carbocycles. The number of thiocarbonyl (C=S) groups is 1. The first-order valence-electron chi connectivity index (χ1n) is 5.91. The van der Waals surface area contributed by atoms with Crippen molar-refractivity contribution < 1.29 is 9.90 Å². The van der Waals surface area contributed by atoms with E-state index in [4.69, 9.17) is 17.3 Å². The number of hydrogen-bond donors (Lipinski definition) is 3. The van der Waals surface area contributed by atoms with E-state index in [0.717, 1.165) is 11.3 Å². The molecule has 2 atom stereocenters. The molecule has 0 bridgehead atoms. The summed E-state index contributed by atoms with van der Waals surface area (Å²) in [6.07, 6.45) is 0. The zero-order valence-corrected chi connectivity index (χ0v) is 13.2. The van der Waals surface area contributed by atoms with Crippen LogP contribution in [0.1, 0.15) is 12.5 Å². The van der Waals surface area contributed by atoms with Crippen LogP contribution in [0, 0.1) is 0 Å². The van der Waals surface area contributed by atoms with Gasteiger partial charge in [-0.1, -0.05) is 43.0 Å². The van der Waals surface area contributed by atoms with Gasteiger partial charge in [0, 0.05) is 12.1 Å². The van der Waals surface area contributed by atoms with Gasteiger partial charge >= 0.3 is 0 Å². The van der Waals surface area contributed by atoms with Gasteiger partial charge in [0.25, 0.3) is 9.44 Å². The van der Waals surface area contributed by atoms with E-state index in [-0.39, 0.29) is 24.3 Å². The van der Waals surface area contributed by atoms with E-state index in [2.05, 4.69) is 17.9 Å². The topological polar surface area (TPSA) is 49.3 Å². The van der Waals surface area contributed by atoms with Crippen molar-refractivity contribution in [1.29, 1.82) is 0 Å². The lowest BCUT2D eigenvalue weighted by molar-refractivity contribution is -0.120. The van der Waals surface area contributed by atoms with Gasteiger partial charge in [0.05, 0.1) is 17.5 Å². The van der Waals surface area contributed by atoms with Gasteiger partial charge in [-0.05, 0) is 19.1 Å². The van der Waals surface area contributed by atoms with Gasteiger partial charge in [0.15, 0.2) is 5.25 Å². The molecule has 0 aliphatic rings. The Labute approximate surface area is 127 Å². The van der Waals surface area contributed by atoms with Crippen LogP contribution in [0.4, 0.5) is 0 Å². The molecular formula is C13H18NO2S3+. The minimum absolute atomic E-state index is 0.0593. The first kappa shape index (κ1) is 16.5. The van der Waals surface area contributed by atoms with Crippen molar-refractivity contribution in [1.82, 2.24) is 5.32 Å². The van der Waals surface area contributed by atoms with Crippen LogP contribution in [0.5, 0.6) is 0 Å². The summed E-state index contributed by atoms with van der Waals surface area (Å²) >= 11 is 9.43. The lowest BCUT2D eigenvalue weighted by atomic mass is 10.2. The predicted molar refractivity (Wildman–Crippen MR) is 88.7 cm³/mol. The van der Waals surface area contributed by atoms with Crippen LogP contribution < -0.4 is 5.32 Å². The summed E-state index contributed by atoms with van der Waals surface area (Å²) in [5, 5.41) is 11.2. The van der Waals surface area contributed by atoms with E-state index in [1.54, 1.807) is 0 Å². The first-order chi connectivity index (χ1) is 9.06. The van der Waals surface area contributed by atoms with Crippen LogP contribution >= 0.6 is 24.8 Å². The lowest BCUT2D eigenvalue weighted by Gasteiger charge is -2.13. The number of hydrogen-bond acceptors (Lipinski definition) is 3. The molecule has 0 radical (unpaired) electrons. The van der Waals surface area contributed by atoms with Crippen molar-refractivity contribution in [2.75, 3.05) is 13.2 Å². The van der Waals surface area contributed by atoms with Crippen molar-refractivity contribution in [2.45, 2.75) is 17.9 Å². The normalized spacial score (nSPS) is 13.6. The molecule has 0 aliphatic carbocycles. The number of carbonyl (C=O) groups is 1. The SMILES string of the molecule is CC(C(=O)NCCO)[S+](Cc1ccccc1)C(=S)S. The molecule has 0 heterocycles. The standard InChI is InChI=1S/C13H17NO2S3/c1-10(12(16)14-7-8-15)19(13(17)18)9-11-5-3-2-4-6-11/h2-6,10,15H,7-9H2,1H3,(H-,14,16,17,18)/p+1. The Balaban J connectivity index is 2.72. The minimum Gasteiger partial charge on any atom is -0.395 e. The summed E-state index contributed by atoms with van der Waals surface area (Å²) in [5.74, 6) is 0.626. The fourth-order valence-corrected chi connectivity index (χ4v) is 4.39. The fraction of sp³-hybridized carbons (Fsp3) is 0.385. The molecule has 0 aliphatic heterocycles. The van der Waals surface area contributed by atoms with Gasteiger partial charge in [-0.25, -0.2) is 0 Å². The molecule has 0 saturated carbocycles. The molecule has 1 aromatic rings. The molecular weight excluding hydrogens is 298 g/mol. The largest absolute Gasteiger partial charge is 0.395 e. The highest BCUT2D eigenvalue weighted by Crippen LogP contribution is 2.18. The smallest absolute Gasteiger partial charge is 0.273 e. The van der Waals surface area contributed by atoms with Crippen molar-refractivity contribution in [2.24, 2.45) is 0 Å². The van der Waals surface area contributed by atoms with E-state index in [1.165, 1.54) is 0 Å². The second kappa shape index (κ2) is 8.58. The summed E-state index contributed by atoms with van der Waals surface area (Å²) in [7, 11) is -0.403. The Hall–Kier alpha value is -0.560. The molecule has 0 fully saturated rings. The van der Waals surface area contributed by atoms with E-state index < -0.39 is 10.9 Å². The third kappa shape index (κ3) is 5.52. The summed E-state index contributed by atoms with van der Waals surface area (Å²) in [6.45, 7) is 2.06. The summed E-state index contributed by atoms with van der Waals surface area (Å²) < 4.78 is 0.565. The molecule has 104 valence electrons. The molecule has 0 saturated heterocycles. The summed E-state index contributed by atoms with van der Waals surface area (Å²) in [5.41, 5.74) is 1.14. The number of rotatable bonds is 6. The molecule has 3 nitrogen and oxygen atoms in total. The van der Waals surface area contributed by atoms with Crippen molar-refractivity contribution in [3.8, 4) is 0 Å². The van der Waals surface area contributed by atoms with E-state index in [0.29, 0.717) is 3.53 Å². The Kier molecular flexibility index (Phi) is 7.45. The molecule has 19 heavy (non-hydrogen) atoms. The monoisotopic (exact) mass is 316 g/mol. The molecule has 2 unspecified atom stereocenters. The second-order valence-corrected chi connectivity index (χ2v) is 7.96. The van der Waals surface area contributed by atoms with Crippen molar-refractivity contribution >= 4 is 45.2 Å². The Morgan fingerprint density at radius 3 is 2.63 bits per heavy atom. The van der Waals surface area contributed by atoms with Crippen LogP contribution in [0.25, 0.3) is 0 Å². The van der Waals surface area contributed by atoms with Crippen LogP contribution in [0.2, 0.25) is 0 Å². The van der Waals surface area contributed by atoms with Gasteiger partial charge in [-0.2, -0.15) is 0 Å². The number of aliphatic hydroxyl groups excluding tert-OH is 1. The quantitative estimate of drug-likeness (QED) is 0.424. The maximum atomic E-state index is 11.9. The van der Waals surface area contributed by atoms with Gasteiger partial charge < -0.3 is 10.4 Å². The highest BCUT2D eigenvalue weighted by molar-refractivity contribution is 8.40. The molecule has 2 N–H and O–H groups in total. The predicted octanol–water partition coefficient (Wildman–Crippen LogP) is 1.52. The third-order valence-electron chi connectivity index (χ3n) is 2.60. The summed E-state index contributed by atoms with van der Waals surface area (Å²) in [6, 6.07) is 9.93. The number of nitrogens with one attached hydrogen (secondary N) is 1. The number of benzene rings is 1.